The van der Waals surface area contributed by atoms with E-state index in [2.05, 4.69) is 34.7 Å². The lowest BCUT2D eigenvalue weighted by molar-refractivity contribution is -0.123. The van der Waals surface area contributed by atoms with Crippen LogP contribution in [0.3, 0.4) is 0 Å². The minimum Gasteiger partial charge on any atom is -0.365 e. The van der Waals surface area contributed by atoms with Crippen molar-refractivity contribution in [1.29, 1.82) is 0 Å². The molecule has 0 saturated carbocycles. The van der Waals surface area contributed by atoms with Crippen LogP contribution in [0.15, 0.2) is 66.7 Å². The zero-order chi connectivity index (χ0) is 27.4. The largest absolute Gasteiger partial charge is 0.365 e. The van der Waals surface area contributed by atoms with Gasteiger partial charge in [-0.1, -0.05) is 30.3 Å². The minimum atomic E-state index is -0.298. The number of piperidine rings is 1. The first kappa shape index (κ1) is 26.6. The van der Waals surface area contributed by atoms with Gasteiger partial charge in [-0.15, -0.1) is 0 Å². The number of rotatable bonds is 8. The van der Waals surface area contributed by atoms with Gasteiger partial charge in [0.15, 0.2) is 0 Å². The van der Waals surface area contributed by atoms with Gasteiger partial charge in [0.2, 0.25) is 11.9 Å². The van der Waals surface area contributed by atoms with Gasteiger partial charge < -0.3 is 20.4 Å². The molecule has 1 aliphatic rings. The fraction of sp³-hybridized carbons (Fsp3) is 0.323. The number of hydrogen-bond acceptors (Lipinski definition) is 6. The molecule has 3 aromatic carbocycles. The summed E-state index contributed by atoms with van der Waals surface area (Å²) < 4.78 is 13.9. The van der Waals surface area contributed by atoms with Gasteiger partial charge in [0.25, 0.3) is 0 Å². The highest BCUT2D eigenvalue weighted by molar-refractivity contribution is 5.95. The highest BCUT2D eigenvalue weighted by Crippen LogP contribution is 2.27. The number of aromatic nitrogens is 2. The van der Waals surface area contributed by atoms with Crippen LogP contribution in [-0.4, -0.2) is 43.1 Å². The molecule has 4 aromatic rings. The van der Waals surface area contributed by atoms with Crippen molar-refractivity contribution in [2.24, 2.45) is 5.92 Å². The predicted molar refractivity (Wildman–Crippen MR) is 156 cm³/mol. The fourth-order valence-electron chi connectivity index (χ4n) is 4.95. The maximum absolute atomic E-state index is 13.9. The average Bonchev–Trinajstić information content (AvgIpc) is 2.94. The zero-order valence-electron chi connectivity index (χ0n) is 22.7. The summed E-state index contributed by atoms with van der Waals surface area (Å²) in [6.07, 6.45) is 1.61. The van der Waals surface area contributed by atoms with Crippen molar-refractivity contribution in [2.45, 2.75) is 32.9 Å². The molecule has 202 valence electrons. The molecule has 0 aliphatic carbocycles. The van der Waals surface area contributed by atoms with Crippen molar-refractivity contribution in [3.05, 3.63) is 89.2 Å². The van der Waals surface area contributed by atoms with E-state index in [1.165, 1.54) is 12.1 Å². The number of aryl methyl sites for hydroxylation is 1. The third kappa shape index (κ3) is 6.34. The van der Waals surface area contributed by atoms with Crippen molar-refractivity contribution in [3.8, 4) is 0 Å². The number of halogens is 1. The number of amides is 1. The number of hydrogen-bond donors (Lipinski definition) is 2. The molecule has 1 fully saturated rings. The van der Waals surface area contributed by atoms with Crippen molar-refractivity contribution in [1.82, 2.24) is 15.3 Å². The minimum absolute atomic E-state index is 0.0401. The van der Waals surface area contributed by atoms with E-state index < -0.39 is 0 Å². The monoisotopic (exact) mass is 526 g/mol. The summed E-state index contributed by atoms with van der Waals surface area (Å²) in [4.78, 5) is 26.7. The summed E-state index contributed by atoms with van der Waals surface area (Å²) in [5, 5.41) is 7.77. The number of nitrogens with one attached hydrogen (secondary N) is 2. The summed E-state index contributed by atoms with van der Waals surface area (Å²) in [5.74, 6) is 1.18. The molecule has 1 amide bonds. The lowest BCUT2D eigenvalue weighted by Gasteiger charge is -2.30. The van der Waals surface area contributed by atoms with Gasteiger partial charge in [0.1, 0.15) is 11.6 Å². The van der Waals surface area contributed by atoms with E-state index in [-0.39, 0.29) is 17.6 Å². The van der Waals surface area contributed by atoms with Crippen molar-refractivity contribution >= 4 is 34.3 Å². The second kappa shape index (κ2) is 11.8. The molecule has 2 N–H and O–H groups in total. The second-order valence-corrected chi connectivity index (χ2v) is 10.4. The Morgan fingerprint density at radius 3 is 2.49 bits per heavy atom. The molecule has 0 atom stereocenters. The van der Waals surface area contributed by atoms with Crippen molar-refractivity contribution in [2.75, 3.05) is 42.3 Å². The number of carbonyl (C=O) groups excluding carboxylic acids is 1. The Hall–Kier alpha value is -4.04. The van der Waals surface area contributed by atoms with Crippen LogP contribution in [0, 0.1) is 18.7 Å². The van der Waals surface area contributed by atoms with E-state index in [0.717, 1.165) is 65.0 Å². The number of fused-ring (bicyclic) bond motifs is 1. The molecule has 0 radical (unpaired) electrons. The summed E-state index contributed by atoms with van der Waals surface area (Å²) in [7, 11) is 3.86. The maximum atomic E-state index is 13.9. The lowest BCUT2D eigenvalue weighted by Crippen LogP contribution is -2.41. The third-order valence-electron chi connectivity index (χ3n) is 7.13. The standard InChI is InChI=1S/C31H35FN6O/c1-21-7-12-27-28(17-21)35-31(37(2)3)36-29(27)34-19-22-8-10-26(11-9-22)38(20-23-5-4-6-25(32)18-23)30(39)24-13-15-33-16-14-24/h4-12,17-18,24,33H,13-16,19-20H2,1-3H3,(H,34,35,36). The quantitative estimate of drug-likeness (QED) is 0.325. The lowest BCUT2D eigenvalue weighted by atomic mass is 9.96. The summed E-state index contributed by atoms with van der Waals surface area (Å²) in [6, 6.07) is 20.6. The molecule has 7 nitrogen and oxygen atoms in total. The Balaban J connectivity index is 1.37. The third-order valence-corrected chi connectivity index (χ3v) is 7.13. The first-order valence-corrected chi connectivity index (χ1v) is 13.4. The first-order chi connectivity index (χ1) is 18.9. The molecule has 0 unspecified atom stereocenters. The van der Waals surface area contributed by atoms with E-state index in [1.807, 2.05) is 55.4 Å². The summed E-state index contributed by atoms with van der Waals surface area (Å²) in [5.41, 5.74) is 4.68. The highest BCUT2D eigenvalue weighted by Gasteiger charge is 2.27. The van der Waals surface area contributed by atoms with Crippen LogP contribution >= 0.6 is 0 Å². The molecule has 39 heavy (non-hydrogen) atoms. The molecule has 1 aliphatic heterocycles. The van der Waals surface area contributed by atoms with Crippen LogP contribution in [0.1, 0.15) is 29.5 Å². The van der Waals surface area contributed by atoms with Crippen LogP contribution in [-0.2, 0) is 17.9 Å². The Labute approximate surface area is 229 Å². The van der Waals surface area contributed by atoms with Gasteiger partial charge >= 0.3 is 0 Å². The van der Waals surface area contributed by atoms with Crippen LogP contribution in [0.2, 0.25) is 0 Å². The Morgan fingerprint density at radius 2 is 1.77 bits per heavy atom. The molecule has 8 heteroatoms. The molecule has 2 heterocycles. The number of nitrogens with zero attached hydrogens (tertiary/aromatic N) is 4. The molecule has 1 aromatic heterocycles. The number of carbonyl (C=O) groups is 1. The Bertz CT molecular complexity index is 1450. The van der Waals surface area contributed by atoms with Gasteiger partial charge in [0.05, 0.1) is 12.1 Å². The molecule has 5 rings (SSSR count). The average molecular weight is 527 g/mol. The zero-order valence-corrected chi connectivity index (χ0v) is 22.7. The SMILES string of the molecule is Cc1ccc2c(NCc3ccc(N(Cc4cccc(F)c4)C(=O)C4CCNCC4)cc3)nc(N(C)C)nc2c1. The summed E-state index contributed by atoms with van der Waals surface area (Å²) >= 11 is 0. The van der Waals surface area contributed by atoms with Crippen LogP contribution in [0.25, 0.3) is 10.9 Å². The maximum Gasteiger partial charge on any atom is 0.230 e. The highest BCUT2D eigenvalue weighted by atomic mass is 19.1. The van der Waals surface area contributed by atoms with Gasteiger partial charge in [-0.05, 0) is 85.9 Å². The van der Waals surface area contributed by atoms with Gasteiger partial charge in [0, 0.05) is 37.6 Å². The predicted octanol–water partition coefficient (Wildman–Crippen LogP) is 5.29. The molecule has 1 saturated heterocycles. The number of benzene rings is 3. The van der Waals surface area contributed by atoms with Crippen molar-refractivity contribution < 1.29 is 9.18 Å². The number of anilines is 3. The summed E-state index contributed by atoms with van der Waals surface area (Å²) in [6.45, 7) is 4.62. The van der Waals surface area contributed by atoms with E-state index in [0.29, 0.717) is 19.0 Å². The normalized spacial score (nSPS) is 13.8. The van der Waals surface area contributed by atoms with E-state index in [9.17, 15) is 9.18 Å². The van der Waals surface area contributed by atoms with Crippen LogP contribution in [0.5, 0.6) is 0 Å². The first-order valence-electron chi connectivity index (χ1n) is 13.4. The smallest absolute Gasteiger partial charge is 0.230 e. The second-order valence-electron chi connectivity index (χ2n) is 10.4. The molecular weight excluding hydrogens is 491 g/mol. The van der Waals surface area contributed by atoms with Crippen LogP contribution in [0.4, 0.5) is 21.8 Å². The molecule has 0 bridgehead atoms. The van der Waals surface area contributed by atoms with Gasteiger partial charge in [-0.2, -0.15) is 4.98 Å². The Morgan fingerprint density at radius 1 is 1.00 bits per heavy atom. The molecule has 0 spiro atoms. The fourth-order valence-corrected chi connectivity index (χ4v) is 4.95. The topological polar surface area (TPSA) is 73.4 Å². The Kier molecular flexibility index (Phi) is 8.02. The van der Waals surface area contributed by atoms with Gasteiger partial charge in [-0.3, -0.25) is 4.79 Å². The van der Waals surface area contributed by atoms with Gasteiger partial charge in [-0.25, -0.2) is 9.37 Å². The van der Waals surface area contributed by atoms with Crippen molar-refractivity contribution in [3.63, 3.8) is 0 Å². The molecular formula is C31H35FN6O. The van der Waals surface area contributed by atoms with E-state index >= 15 is 0 Å². The van der Waals surface area contributed by atoms with Crippen LogP contribution < -0.4 is 20.4 Å². The van der Waals surface area contributed by atoms with E-state index in [4.69, 9.17) is 4.98 Å². The van der Waals surface area contributed by atoms with E-state index in [1.54, 1.807) is 11.0 Å².